The van der Waals surface area contributed by atoms with Crippen molar-refractivity contribution >= 4 is 52.8 Å². The molecule has 1 fully saturated rings. The molecule has 1 heterocycles. The van der Waals surface area contributed by atoms with E-state index in [1.165, 1.54) is 18.2 Å². The van der Waals surface area contributed by atoms with E-state index >= 15 is 0 Å². The van der Waals surface area contributed by atoms with Crippen molar-refractivity contribution in [3.63, 3.8) is 0 Å². The van der Waals surface area contributed by atoms with Gasteiger partial charge in [-0.05, 0) is 85.1 Å². The zero-order chi connectivity index (χ0) is 31.2. The molecular formula is C34H28ClN3O6. The monoisotopic (exact) mass is 609 g/mol. The molecule has 4 aromatic rings. The van der Waals surface area contributed by atoms with Crippen molar-refractivity contribution in [3.05, 3.63) is 124 Å². The average Bonchev–Trinajstić information content (AvgIpc) is 3.00. The fraction of sp³-hybridized carbons (Fsp3) is 0.118. The van der Waals surface area contributed by atoms with Crippen LogP contribution in [-0.4, -0.2) is 30.4 Å². The van der Waals surface area contributed by atoms with Crippen molar-refractivity contribution in [3.8, 4) is 11.5 Å². The van der Waals surface area contributed by atoms with Crippen LogP contribution in [0.25, 0.3) is 6.08 Å². The molecule has 1 aliphatic rings. The number of anilines is 2. The Morgan fingerprint density at radius 2 is 1.66 bits per heavy atom. The molecule has 10 heteroatoms. The summed E-state index contributed by atoms with van der Waals surface area (Å²) in [4.78, 5) is 52.5. The van der Waals surface area contributed by atoms with Gasteiger partial charge in [0.15, 0.2) is 6.61 Å². The van der Waals surface area contributed by atoms with Gasteiger partial charge in [0.1, 0.15) is 23.7 Å². The van der Waals surface area contributed by atoms with Crippen molar-refractivity contribution in [1.82, 2.24) is 5.32 Å². The third-order valence-electron chi connectivity index (χ3n) is 6.74. The Bertz CT molecular complexity index is 1770. The first-order valence-corrected chi connectivity index (χ1v) is 14.0. The number of carbonyl (C=O) groups is 4. The molecule has 1 aliphatic heterocycles. The summed E-state index contributed by atoms with van der Waals surface area (Å²) >= 11 is 6.21. The van der Waals surface area contributed by atoms with E-state index in [0.717, 1.165) is 21.6 Å². The minimum absolute atomic E-state index is 0.210. The number of halogens is 1. The topological polar surface area (TPSA) is 114 Å². The fourth-order valence-electron chi connectivity index (χ4n) is 4.44. The molecule has 222 valence electrons. The number of nitrogens with one attached hydrogen (secondary N) is 2. The number of ether oxygens (including phenoxy) is 2. The Labute approximate surface area is 259 Å². The highest BCUT2D eigenvalue weighted by atomic mass is 35.5. The highest BCUT2D eigenvalue weighted by Crippen LogP contribution is 2.29. The number of hydrogen-bond donors (Lipinski definition) is 2. The molecule has 0 unspecified atom stereocenters. The van der Waals surface area contributed by atoms with Gasteiger partial charge in [-0.25, -0.2) is 9.69 Å². The van der Waals surface area contributed by atoms with Crippen LogP contribution in [0.2, 0.25) is 5.02 Å². The van der Waals surface area contributed by atoms with Crippen molar-refractivity contribution in [1.29, 1.82) is 0 Å². The van der Waals surface area contributed by atoms with E-state index in [1.807, 2.05) is 62.4 Å². The van der Waals surface area contributed by atoms with Gasteiger partial charge in [0, 0.05) is 16.3 Å². The van der Waals surface area contributed by atoms with E-state index in [0.29, 0.717) is 23.1 Å². The standard InChI is InChI=1S/C34H28ClN3O6/c1-21-8-9-22(2)29(16-21)36-31(39)20-44-30-15-10-25(35)17-24(30)18-28-32(40)37-34(42)38(33(28)41)26-11-13-27(14-12-26)43-19-23-6-4-3-5-7-23/h3-18H,19-20H2,1-2H3,(H,36,39)(H,37,40,42)/b28-18-. The number of nitrogens with zero attached hydrogens (tertiary/aromatic N) is 1. The van der Waals surface area contributed by atoms with E-state index in [4.69, 9.17) is 21.1 Å². The predicted octanol–water partition coefficient (Wildman–Crippen LogP) is 6.22. The number of hydrogen-bond acceptors (Lipinski definition) is 6. The summed E-state index contributed by atoms with van der Waals surface area (Å²) in [6, 6.07) is 25.4. The zero-order valence-electron chi connectivity index (χ0n) is 23.9. The molecule has 44 heavy (non-hydrogen) atoms. The molecule has 1 saturated heterocycles. The summed E-state index contributed by atoms with van der Waals surface area (Å²) in [5.74, 6) is -1.36. The first kappa shape index (κ1) is 30.1. The molecule has 0 atom stereocenters. The van der Waals surface area contributed by atoms with Gasteiger partial charge < -0.3 is 14.8 Å². The van der Waals surface area contributed by atoms with Gasteiger partial charge in [0.25, 0.3) is 17.7 Å². The molecule has 4 aromatic carbocycles. The van der Waals surface area contributed by atoms with Crippen molar-refractivity contribution < 1.29 is 28.7 Å². The van der Waals surface area contributed by atoms with Crippen molar-refractivity contribution in [2.24, 2.45) is 0 Å². The van der Waals surface area contributed by atoms with Crippen LogP contribution < -0.4 is 25.0 Å². The molecule has 0 radical (unpaired) electrons. The quantitative estimate of drug-likeness (QED) is 0.172. The minimum atomic E-state index is -0.888. The van der Waals surface area contributed by atoms with E-state index in [-0.39, 0.29) is 29.2 Å². The lowest BCUT2D eigenvalue weighted by Crippen LogP contribution is -2.54. The Balaban J connectivity index is 1.32. The smallest absolute Gasteiger partial charge is 0.335 e. The van der Waals surface area contributed by atoms with Gasteiger partial charge in [0.05, 0.1) is 5.69 Å². The zero-order valence-corrected chi connectivity index (χ0v) is 24.7. The first-order chi connectivity index (χ1) is 21.2. The lowest BCUT2D eigenvalue weighted by atomic mass is 10.1. The van der Waals surface area contributed by atoms with Crippen molar-refractivity contribution in [2.45, 2.75) is 20.5 Å². The molecule has 2 N–H and O–H groups in total. The predicted molar refractivity (Wildman–Crippen MR) is 168 cm³/mol. The molecule has 0 bridgehead atoms. The van der Waals surface area contributed by atoms with Crippen LogP contribution in [0.1, 0.15) is 22.3 Å². The molecule has 0 saturated carbocycles. The van der Waals surface area contributed by atoms with Crippen LogP contribution in [0.3, 0.4) is 0 Å². The molecule has 9 nitrogen and oxygen atoms in total. The number of barbiturate groups is 1. The summed E-state index contributed by atoms with van der Waals surface area (Å²) in [7, 11) is 0. The minimum Gasteiger partial charge on any atom is -0.489 e. The maximum Gasteiger partial charge on any atom is 0.335 e. The fourth-order valence-corrected chi connectivity index (χ4v) is 4.62. The maximum atomic E-state index is 13.5. The van der Waals surface area contributed by atoms with Crippen LogP contribution >= 0.6 is 11.6 Å². The first-order valence-electron chi connectivity index (χ1n) is 13.7. The summed E-state index contributed by atoms with van der Waals surface area (Å²) in [6.07, 6.45) is 1.28. The second-order valence-corrected chi connectivity index (χ2v) is 10.5. The summed E-state index contributed by atoms with van der Waals surface area (Å²) in [5.41, 5.74) is 3.74. The summed E-state index contributed by atoms with van der Waals surface area (Å²) < 4.78 is 11.5. The van der Waals surface area contributed by atoms with Gasteiger partial charge >= 0.3 is 6.03 Å². The SMILES string of the molecule is Cc1ccc(C)c(NC(=O)COc2ccc(Cl)cc2/C=C2/C(=O)NC(=O)N(c3ccc(OCc4ccccc4)cc3)C2=O)c1. The molecule has 0 aromatic heterocycles. The number of rotatable bonds is 9. The third kappa shape index (κ3) is 7.14. The van der Waals surface area contributed by atoms with Crippen LogP contribution in [0.15, 0.2) is 96.6 Å². The number of benzene rings is 4. The molecular weight excluding hydrogens is 582 g/mol. The van der Waals surface area contributed by atoms with Crippen LogP contribution in [0.5, 0.6) is 11.5 Å². The lowest BCUT2D eigenvalue weighted by Gasteiger charge is -2.26. The van der Waals surface area contributed by atoms with Gasteiger partial charge in [-0.3, -0.25) is 19.7 Å². The molecule has 0 aliphatic carbocycles. The third-order valence-corrected chi connectivity index (χ3v) is 6.98. The molecule has 0 spiro atoms. The molecule has 5 amide bonds. The second-order valence-electron chi connectivity index (χ2n) is 10.1. The van der Waals surface area contributed by atoms with Gasteiger partial charge in [0.2, 0.25) is 0 Å². The molecule has 5 rings (SSSR count). The lowest BCUT2D eigenvalue weighted by molar-refractivity contribution is -0.122. The summed E-state index contributed by atoms with van der Waals surface area (Å²) in [6.45, 7) is 3.82. The highest BCUT2D eigenvalue weighted by Gasteiger charge is 2.37. The Hall–Kier alpha value is -5.41. The van der Waals surface area contributed by atoms with Gasteiger partial charge in [-0.2, -0.15) is 0 Å². The van der Waals surface area contributed by atoms with Crippen LogP contribution in [0.4, 0.5) is 16.2 Å². The van der Waals surface area contributed by atoms with Gasteiger partial charge in [-0.1, -0.05) is 54.1 Å². The Morgan fingerprint density at radius 1 is 0.909 bits per heavy atom. The number of imide groups is 2. The van der Waals surface area contributed by atoms with Crippen LogP contribution in [0, 0.1) is 13.8 Å². The number of urea groups is 1. The van der Waals surface area contributed by atoms with Gasteiger partial charge in [-0.15, -0.1) is 0 Å². The average molecular weight is 610 g/mol. The number of carbonyl (C=O) groups excluding carboxylic acids is 4. The highest BCUT2D eigenvalue weighted by molar-refractivity contribution is 6.39. The number of amides is 5. The van der Waals surface area contributed by atoms with E-state index in [9.17, 15) is 19.2 Å². The van der Waals surface area contributed by atoms with E-state index < -0.39 is 23.8 Å². The Kier molecular flexibility index (Phi) is 9.06. The largest absolute Gasteiger partial charge is 0.489 e. The number of aryl methyl sites for hydroxylation is 2. The summed E-state index contributed by atoms with van der Waals surface area (Å²) in [5, 5.41) is 5.33. The Morgan fingerprint density at radius 3 is 2.41 bits per heavy atom. The maximum absolute atomic E-state index is 13.5. The van der Waals surface area contributed by atoms with E-state index in [1.54, 1.807) is 30.3 Å². The van der Waals surface area contributed by atoms with Crippen molar-refractivity contribution in [2.75, 3.05) is 16.8 Å². The van der Waals surface area contributed by atoms with E-state index in [2.05, 4.69) is 10.6 Å². The van der Waals surface area contributed by atoms with Crippen LogP contribution in [-0.2, 0) is 21.0 Å². The second kappa shape index (κ2) is 13.3. The normalized spacial score (nSPS) is 13.9.